The van der Waals surface area contributed by atoms with Crippen LogP contribution in [-0.2, 0) is 19.7 Å². The van der Waals surface area contributed by atoms with Gasteiger partial charge >= 0.3 is 0 Å². The molecule has 174 valence electrons. The highest BCUT2D eigenvalue weighted by molar-refractivity contribution is 6.02. The van der Waals surface area contributed by atoms with Crippen LogP contribution in [-0.4, -0.2) is 47.6 Å². The maximum Gasteiger partial charge on any atom is 0.247 e. The summed E-state index contributed by atoms with van der Waals surface area (Å²) in [5, 5.41) is 16.0. The van der Waals surface area contributed by atoms with Gasteiger partial charge in [-0.05, 0) is 55.7 Å². The van der Waals surface area contributed by atoms with Crippen molar-refractivity contribution in [2.75, 3.05) is 30.0 Å². The SMILES string of the molecule is N#C[C@@]1(C2CC2)CCN(c2ccnc(Nc3ccc(C4(C(=O)NC5COC5)CC4)cn3)c2)C1=O. The van der Waals surface area contributed by atoms with Gasteiger partial charge < -0.3 is 20.3 Å². The minimum atomic E-state index is -0.870. The largest absolute Gasteiger partial charge is 0.377 e. The van der Waals surface area contributed by atoms with Crippen LogP contribution >= 0.6 is 0 Å². The Morgan fingerprint density at radius 3 is 2.59 bits per heavy atom. The molecule has 2 aromatic heterocycles. The van der Waals surface area contributed by atoms with Crippen molar-refractivity contribution in [2.45, 2.75) is 43.6 Å². The van der Waals surface area contributed by atoms with E-state index in [1.165, 1.54) is 0 Å². The summed E-state index contributed by atoms with van der Waals surface area (Å²) in [6.07, 6.45) is 7.52. The van der Waals surface area contributed by atoms with Gasteiger partial charge in [0, 0.05) is 30.7 Å². The summed E-state index contributed by atoms with van der Waals surface area (Å²) in [6.45, 7) is 1.70. The van der Waals surface area contributed by atoms with E-state index in [9.17, 15) is 14.9 Å². The number of ether oxygens (including phenoxy) is 1. The topological polar surface area (TPSA) is 120 Å². The molecule has 2 aliphatic carbocycles. The Kier molecular flexibility index (Phi) is 4.81. The van der Waals surface area contributed by atoms with Gasteiger partial charge in [0.2, 0.25) is 11.8 Å². The van der Waals surface area contributed by atoms with Gasteiger partial charge in [0.25, 0.3) is 0 Å². The predicted molar refractivity (Wildman–Crippen MR) is 123 cm³/mol. The van der Waals surface area contributed by atoms with Gasteiger partial charge in [-0.2, -0.15) is 5.26 Å². The van der Waals surface area contributed by atoms with Crippen molar-refractivity contribution in [3.63, 3.8) is 0 Å². The summed E-state index contributed by atoms with van der Waals surface area (Å²) in [6, 6.07) is 9.82. The molecule has 6 rings (SSSR count). The van der Waals surface area contributed by atoms with Crippen LogP contribution in [0.4, 0.5) is 17.3 Å². The zero-order chi connectivity index (χ0) is 23.3. The van der Waals surface area contributed by atoms with Crippen LogP contribution in [0.1, 0.15) is 37.7 Å². The minimum Gasteiger partial charge on any atom is -0.377 e. The number of nitrogens with zero attached hydrogens (tertiary/aromatic N) is 4. The van der Waals surface area contributed by atoms with E-state index >= 15 is 0 Å². The van der Waals surface area contributed by atoms with Gasteiger partial charge in [0.1, 0.15) is 17.1 Å². The van der Waals surface area contributed by atoms with Crippen LogP contribution in [0.3, 0.4) is 0 Å². The molecule has 0 aromatic carbocycles. The summed E-state index contributed by atoms with van der Waals surface area (Å²) in [5.41, 5.74) is 0.286. The van der Waals surface area contributed by atoms with Crippen LogP contribution < -0.4 is 15.5 Å². The van der Waals surface area contributed by atoms with E-state index < -0.39 is 10.8 Å². The minimum absolute atomic E-state index is 0.0487. The Bertz CT molecular complexity index is 1180. The third-order valence-corrected chi connectivity index (χ3v) is 7.62. The molecule has 2 amide bonds. The number of aromatic nitrogens is 2. The maximum absolute atomic E-state index is 13.1. The van der Waals surface area contributed by atoms with Crippen LogP contribution in [0.2, 0.25) is 0 Å². The Morgan fingerprint density at radius 1 is 1.15 bits per heavy atom. The Morgan fingerprint density at radius 2 is 1.97 bits per heavy atom. The van der Waals surface area contributed by atoms with Crippen molar-refractivity contribution in [3.8, 4) is 6.07 Å². The quantitative estimate of drug-likeness (QED) is 0.654. The molecule has 4 heterocycles. The molecule has 0 spiro atoms. The molecule has 2 aromatic rings. The molecule has 0 radical (unpaired) electrons. The van der Waals surface area contributed by atoms with E-state index in [2.05, 4.69) is 26.7 Å². The number of nitriles is 1. The van der Waals surface area contributed by atoms with Crippen LogP contribution in [0.5, 0.6) is 0 Å². The second-order valence-electron chi connectivity index (χ2n) is 9.81. The number of nitrogens with one attached hydrogen (secondary N) is 2. The maximum atomic E-state index is 13.1. The van der Waals surface area contributed by atoms with Crippen LogP contribution in [0, 0.1) is 22.7 Å². The average Bonchev–Trinajstić information content (AvgIpc) is 3.75. The van der Waals surface area contributed by atoms with Crippen LogP contribution in [0.25, 0.3) is 0 Å². The number of rotatable bonds is 7. The fourth-order valence-electron chi connectivity index (χ4n) is 5.09. The second-order valence-corrected chi connectivity index (χ2v) is 9.81. The van der Waals surface area contributed by atoms with E-state index in [1.54, 1.807) is 23.4 Å². The molecule has 4 fully saturated rings. The molecular formula is C25H26N6O3. The second kappa shape index (κ2) is 7.77. The number of carbonyl (C=O) groups excluding carboxylic acids is 2. The molecule has 9 heteroatoms. The van der Waals surface area contributed by atoms with Gasteiger partial charge in [-0.3, -0.25) is 9.59 Å². The summed E-state index contributed by atoms with van der Waals surface area (Å²) in [4.78, 5) is 36.4. The van der Waals surface area contributed by atoms with Crippen molar-refractivity contribution < 1.29 is 14.3 Å². The smallest absolute Gasteiger partial charge is 0.247 e. The summed E-state index contributed by atoms with van der Waals surface area (Å²) < 4.78 is 5.15. The van der Waals surface area contributed by atoms with Crippen molar-refractivity contribution in [1.82, 2.24) is 15.3 Å². The predicted octanol–water partition coefficient (Wildman–Crippen LogP) is 2.42. The zero-order valence-electron chi connectivity index (χ0n) is 18.8. The normalized spacial score (nSPS) is 25.4. The third kappa shape index (κ3) is 3.41. The molecule has 2 N–H and O–H groups in total. The molecule has 2 saturated carbocycles. The van der Waals surface area contributed by atoms with Gasteiger partial charge in [-0.1, -0.05) is 6.07 Å². The summed E-state index contributed by atoms with van der Waals surface area (Å²) in [7, 11) is 0. The standard InChI is InChI=1S/C25H26N6O3/c26-15-25(16-1-2-16)8-10-31(23(25)33)19-5-9-27-21(11-19)30-20-4-3-17(12-28-20)24(6-7-24)22(32)29-18-13-34-14-18/h3-5,9,11-12,16,18H,1-2,6-8,10,13-14H2,(H,29,32)(H,27,28,30)/t25-/m1/s1. The lowest BCUT2D eigenvalue weighted by Gasteiger charge is -2.29. The van der Waals surface area contributed by atoms with E-state index in [-0.39, 0.29) is 23.8 Å². The van der Waals surface area contributed by atoms with Crippen LogP contribution in [0.15, 0.2) is 36.7 Å². The lowest BCUT2D eigenvalue weighted by Crippen LogP contribution is -2.51. The van der Waals surface area contributed by atoms with Crippen molar-refractivity contribution >= 4 is 29.1 Å². The van der Waals surface area contributed by atoms with E-state index in [1.807, 2.05) is 18.2 Å². The number of carbonyl (C=O) groups is 2. The fourth-order valence-corrected chi connectivity index (χ4v) is 5.09. The lowest BCUT2D eigenvalue weighted by molar-refractivity contribution is -0.127. The first-order valence-electron chi connectivity index (χ1n) is 11.9. The number of amides is 2. The molecule has 2 aliphatic heterocycles. The van der Waals surface area contributed by atoms with Gasteiger partial charge in [-0.15, -0.1) is 0 Å². The first kappa shape index (κ1) is 21.1. The molecule has 34 heavy (non-hydrogen) atoms. The van der Waals surface area contributed by atoms with E-state index in [0.717, 1.165) is 36.9 Å². The molecule has 0 unspecified atom stereocenters. The molecular weight excluding hydrogens is 432 g/mol. The van der Waals surface area contributed by atoms with Crippen molar-refractivity contribution in [3.05, 3.63) is 42.2 Å². The molecule has 9 nitrogen and oxygen atoms in total. The highest BCUT2D eigenvalue weighted by Crippen LogP contribution is 2.52. The van der Waals surface area contributed by atoms with Crippen molar-refractivity contribution in [2.24, 2.45) is 11.3 Å². The Labute approximate surface area is 197 Å². The fraction of sp³-hybridized carbons (Fsp3) is 0.480. The third-order valence-electron chi connectivity index (χ3n) is 7.62. The highest BCUT2D eigenvalue weighted by atomic mass is 16.5. The van der Waals surface area contributed by atoms with Gasteiger partial charge in [-0.25, -0.2) is 9.97 Å². The molecule has 4 aliphatic rings. The summed E-state index contributed by atoms with van der Waals surface area (Å²) >= 11 is 0. The van der Waals surface area contributed by atoms with Gasteiger partial charge in [0.15, 0.2) is 0 Å². The number of anilines is 3. The summed E-state index contributed by atoms with van der Waals surface area (Å²) in [5.74, 6) is 1.31. The molecule has 2 saturated heterocycles. The zero-order valence-corrected chi connectivity index (χ0v) is 18.8. The first-order valence-corrected chi connectivity index (χ1v) is 11.9. The average molecular weight is 459 g/mol. The van der Waals surface area contributed by atoms with Crippen molar-refractivity contribution in [1.29, 1.82) is 5.26 Å². The Hall–Kier alpha value is -3.51. The number of pyridine rings is 2. The lowest BCUT2D eigenvalue weighted by atomic mass is 9.83. The van der Waals surface area contributed by atoms with E-state index in [4.69, 9.17) is 4.74 Å². The van der Waals surface area contributed by atoms with Gasteiger partial charge in [0.05, 0.1) is 30.7 Å². The Balaban J connectivity index is 1.15. The molecule has 0 bridgehead atoms. The van der Waals surface area contributed by atoms with E-state index in [0.29, 0.717) is 37.8 Å². The highest BCUT2D eigenvalue weighted by Gasteiger charge is 2.57. The number of hydrogen-bond donors (Lipinski definition) is 2. The first-order chi connectivity index (χ1) is 16.5. The molecule has 1 atom stereocenters. The number of hydrogen-bond acceptors (Lipinski definition) is 7. The monoisotopic (exact) mass is 458 g/mol.